The molecule has 1 aromatic carbocycles. The quantitative estimate of drug-likeness (QED) is 0.894. The maximum atomic E-state index is 13.7. The molecule has 1 atom stereocenters. The highest BCUT2D eigenvalue weighted by Gasteiger charge is 2.21. The molecule has 1 unspecified atom stereocenters. The van der Waals surface area contributed by atoms with E-state index in [1.165, 1.54) is 6.07 Å². The van der Waals surface area contributed by atoms with Crippen molar-refractivity contribution in [2.75, 3.05) is 18.5 Å². The highest BCUT2D eigenvalue weighted by atomic mass is 19.1. The molecule has 0 aromatic heterocycles. The Kier molecular flexibility index (Phi) is 4.16. The predicted molar refractivity (Wildman–Crippen MR) is 67.7 cm³/mol. The number of ether oxygens (including phenoxy) is 1. The topological polar surface area (TPSA) is 45.0 Å². The average Bonchev–Trinajstić information content (AvgIpc) is 2.42. The van der Waals surface area contributed by atoms with Crippen LogP contribution in [0.25, 0.3) is 0 Å². The highest BCUT2D eigenvalue weighted by molar-refractivity contribution is 5.49. The average molecular weight is 248 g/mol. The molecule has 2 rings (SSSR count). The zero-order valence-electron chi connectivity index (χ0n) is 10.4. The molecule has 1 aliphatic heterocycles. The second-order valence-corrected chi connectivity index (χ2v) is 4.69. The third-order valence-electron chi connectivity index (χ3n) is 3.45. The number of benzene rings is 1. The molecule has 4 heteroatoms. The van der Waals surface area contributed by atoms with E-state index in [0.717, 1.165) is 26.1 Å². The van der Waals surface area contributed by atoms with Crippen LogP contribution in [0.15, 0.2) is 18.2 Å². The first-order valence-corrected chi connectivity index (χ1v) is 6.24. The van der Waals surface area contributed by atoms with Gasteiger partial charge in [-0.05, 0) is 43.9 Å². The molecule has 1 saturated heterocycles. The van der Waals surface area contributed by atoms with Crippen LogP contribution < -0.4 is 5.32 Å². The van der Waals surface area contributed by atoms with E-state index < -0.39 is 0 Å². The lowest BCUT2D eigenvalue weighted by atomic mass is 9.93. The molecular weight excluding hydrogens is 231 g/mol. The van der Waals surface area contributed by atoms with E-state index in [2.05, 4.69) is 12.2 Å². The maximum Gasteiger partial charge on any atom is 0.147 e. The zero-order valence-corrected chi connectivity index (χ0v) is 10.4. The maximum absolute atomic E-state index is 13.7. The van der Waals surface area contributed by atoms with Gasteiger partial charge in [-0.15, -0.1) is 0 Å². The number of nitrogens with zero attached hydrogens (tertiary/aromatic N) is 1. The second kappa shape index (κ2) is 5.83. The molecule has 1 N–H and O–H groups in total. The molecule has 0 amide bonds. The molecule has 0 saturated carbocycles. The lowest BCUT2D eigenvalue weighted by Gasteiger charge is -2.29. The van der Waals surface area contributed by atoms with Gasteiger partial charge < -0.3 is 10.1 Å². The second-order valence-electron chi connectivity index (χ2n) is 4.69. The minimum atomic E-state index is -0.368. The molecule has 0 spiro atoms. The Morgan fingerprint density at radius 1 is 1.44 bits per heavy atom. The summed E-state index contributed by atoms with van der Waals surface area (Å²) in [6, 6.07) is 6.65. The summed E-state index contributed by atoms with van der Waals surface area (Å²) in [5.41, 5.74) is 0.810. The van der Waals surface area contributed by atoms with E-state index in [9.17, 15) is 4.39 Å². The van der Waals surface area contributed by atoms with Crippen LogP contribution in [0.3, 0.4) is 0 Å². The third kappa shape index (κ3) is 2.99. The fourth-order valence-corrected chi connectivity index (χ4v) is 2.28. The molecule has 1 aromatic rings. The number of rotatable bonds is 3. The largest absolute Gasteiger partial charge is 0.381 e. The van der Waals surface area contributed by atoms with Crippen LogP contribution >= 0.6 is 0 Å². The minimum Gasteiger partial charge on any atom is -0.381 e. The van der Waals surface area contributed by atoms with Gasteiger partial charge in [0, 0.05) is 19.3 Å². The predicted octanol–water partition coefficient (Wildman–Crippen LogP) is 2.92. The number of anilines is 1. The zero-order chi connectivity index (χ0) is 13.0. The molecular formula is C14H17FN2O. The summed E-state index contributed by atoms with van der Waals surface area (Å²) in [6.45, 7) is 3.63. The van der Waals surface area contributed by atoms with Crippen LogP contribution in [0.1, 0.15) is 25.3 Å². The summed E-state index contributed by atoms with van der Waals surface area (Å²) in [4.78, 5) is 0. The Hall–Kier alpha value is -1.60. The van der Waals surface area contributed by atoms with Crippen molar-refractivity contribution in [2.24, 2.45) is 5.92 Å². The summed E-state index contributed by atoms with van der Waals surface area (Å²) in [7, 11) is 0. The first-order valence-electron chi connectivity index (χ1n) is 6.24. The summed E-state index contributed by atoms with van der Waals surface area (Å²) >= 11 is 0. The Labute approximate surface area is 107 Å². The van der Waals surface area contributed by atoms with Crippen molar-refractivity contribution in [3.05, 3.63) is 29.6 Å². The van der Waals surface area contributed by atoms with Crippen molar-refractivity contribution in [1.29, 1.82) is 5.26 Å². The van der Waals surface area contributed by atoms with Crippen molar-refractivity contribution in [3.63, 3.8) is 0 Å². The van der Waals surface area contributed by atoms with E-state index in [4.69, 9.17) is 10.00 Å². The van der Waals surface area contributed by atoms with Gasteiger partial charge in [0.2, 0.25) is 0 Å². The van der Waals surface area contributed by atoms with Crippen LogP contribution in [-0.2, 0) is 4.74 Å². The fourth-order valence-electron chi connectivity index (χ4n) is 2.28. The van der Waals surface area contributed by atoms with Gasteiger partial charge in [-0.1, -0.05) is 0 Å². The number of nitrogens with one attached hydrogen (secondary N) is 1. The smallest absolute Gasteiger partial charge is 0.147 e. The van der Waals surface area contributed by atoms with Crippen LogP contribution in [-0.4, -0.2) is 19.3 Å². The molecule has 0 bridgehead atoms. The van der Waals surface area contributed by atoms with Gasteiger partial charge in [0.05, 0.1) is 17.3 Å². The lowest BCUT2D eigenvalue weighted by molar-refractivity contribution is 0.0622. The van der Waals surface area contributed by atoms with E-state index in [-0.39, 0.29) is 11.9 Å². The van der Waals surface area contributed by atoms with Gasteiger partial charge in [0.25, 0.3) is 0 Å². The number of hydrogen-bond acceptors (Lipinski definition) is 3. The lowest BCUT2D eigenvalue weighted by Crippen LogP contribution is -2.31. The Balaban J connectivity index is 2.02. The normalized spacial score (nSPS) is 18.1. The van der Waals surface area contributed by atoms with Gasteiger partial charge in [-0.25, -0.2) is 4.39 Å². The number of hydrogen-bond donors (Lipinski definition) is 1. The first-order chi connectivity index (χ1) is 8.70. The molecule has 3 nitrogen and oxygen atoms in total. The van der Waals surface area contributed by atoms with Gasteiger partial charge in [-0.3, -0.25) is 0 Å². The molecule has 1 heterocycles. The summed E-state index contributed by atoms with van der Waals surface area (Å²) in [5, 5.41) is 11.9. The Morgan fingerprint density at radius 2 is 2.17 bits per heavy atom. The van der Waals surface area contributed by atoms with Crippen molar-refractivity contribution < 1.29 is 9.13 Å². The van der Waals surface area contributed by atoms with Crippen LogP contribution in [0.5, 0.6) is 0 Å². The van der Waals surface area contributed by atoms with E-state index in [1.807, 2.05) is 6.07 Å². The monoisotopic (exact) mass is 248 g/mol. The molecule has 1 aliphatic rings. The van der Waals surface area contributed by atoms with Gasteiger partial charge in [0.15, 0.2) is 0 Å². The Bertz CT molecular complexity index is 450. The Morgan fingerprint density at radius 3 is 2.78 bits per heavy atom. The molecule has 96 valence electrons. The summed E-state index contributed by atoms with van der Waals surface area (Å²) in [5.74, 6) is 0.141. The van der Waals surface area contributed by atoms with Crippen molar-refractivity contribution in [1.82, 2.24) is 0 Å². The number of nitriles is 1. The summed E-state index contributed by atoms with van der Waals surface area (Å²) in [6.07, 6.45) is 2.01. The molecule has 1 fully saturated rings. The molecule has 18 heavy (non-hydrogen) atoms. The van der Waals surface area contributed by atoms with Crippen LogP contribution in [0.4, 0.5) is 10.1 Å². The fraction of sp³-hybridized carbons (Fsp3) is 0.500. The standard InChI is InChI=1S/C14H17FN2O/c1-10(12-4-6-18-7-5-12)17-14-3-2-11(9-16)8-13(14)15/h2-3,8,10,12,17H,4-7H2,1H3. The van der Waals surface area contributed by atoms with Crippen molar-refractivity contribution >= 4 is 5.69 Å². The molecule has 0 aliphatic carbocycles. The summed E-state index contributed by atoms with van der Waals surface area (Å²) < 4.78 is 19.0. The SMILES string of the molecule is CC(Nc1ccc(C#N)cc1F)C1CCOCC1. The van der Waals surface area contributed by atoms with Crippen LogP contribution in [0.2, 0.25) is 0 Å². The van der Waals surface area contributed by atoms with E-state index >= 15 is 0 Å². The van der Waals surface area contributed by atoms with Crippen molar-refractivity contribution in [3.8, 4) is 6.07 Å². The number of halogens is 1. The first kappa shape index (κ1) is 12.8. The van der Waals surface area contributed by atoms with E-state index in [1.54, 1.807) is 12.1 Å². The van der Waals surface area contributed by atoms with Gasteiger partial charge in [0.1, 0.15) is 5.82 Å². The minimum absolute atomic E-state index is 0.205. The van der Waals surface area contributed by atoms with Crippen molar-refractivity contribution in [2.45, 2.75) is 25.8 Å². The van der Waals surface area contributed by atoms with Gasteiger partial charge in [-0.2, -0.15) is 5.26 Å². The van der Waals surface area contributed by atoms with Crippen LogP contribution in [0, 0.1) is 23.1 Å². The third-order valence-corrected chi connectivity index (χ3v) is 3.45. The van der Waals surface area contributed by atoms with E-state index in [0.29, 0.717) is 17.2 Å². The highest BCUT2D eigenvalue weighted by Crippen LogP contribution is 2.23. The van der Waals surface area contributed by atoms with Gasteiger partial charge >= 0.3 is 0 Å². The molecule has 0 radical (unpaired) electrons.